The van der Waals surface area contributed by atoms with E-state index in [0.29, 0.717) is 6.42 Å². The summed E-state index contributed by atoms with van der Waals surface area (Å²) in [4.78, 5) is 11.9. The summed E-state index contributed by atoms with van der Waals surface area (Å²) in [6.45, 7) is 0. The van der Waals surface area contributed by atoms with Crippen LogP contribution in [0.15, 0.2) is 60.7 Å². The lowest BCUT2D eigenvalue weighted by atomic mass is 9.91. The Balaban J connectivity index is 1.56. The van der Waals surface area contributed by atoms with Crippen molar-refractivity contribution in [3.05, 3.63) is 83.7 Å². The van der Waals surface area contributed by atoms with Crippen LogP contribution in [0.4, 0.5) is 13.2 Å². The van der Waals surface area contributed by atoms with E-state index in [9.17, 15) is 18.0 Å². The number of ether oxygens (including phenoxy) is 1. The monoisotopic (exact) mass is 344 g/mol. The van der Waals surface area contributed by atoms with Crippen molar-refractivity contribution in [3.63, 3.8) is 0 Å². The fourth-order valence-corrected chi connectivity index (χ4v) is 2.60. The molecular formula is C20H15F3O2. The summed E-state index contributed by atoms with van der Waals surface area (Å²) < 4.78 is 44.0. The van der Waals surface area contributed by atoms with Gasteiger partial charge in [0.25, 0.3) is 0 Å². The summed E-state index contributed by atoms with van der Waals surface area (Å²) in [6.07, 6.45) is 6.51. The molecule has 2 nitrogen and oxygen atoms in total. The quantitative estimate of drug-likeness (QED) is 0.572. The van der Waals surface area contributed by atoms with Crippen molar-refractivity contribution in [2.75, 3.05) is 0 Å². The van der Waals surface area contributed by atoms with E-state index in [4.69, 9.17) is 4.74 Å². The molecule has 0 spiro atoms. The van der Waals surface area contributed by atoms with Crippen LogP contribution in [0.1, 0.15) is 18.4 Å². The fraction of sp³-hybridized carbons (Fsp3) is 0.150. The average Bonchev–Trinajstić information content (AvgIpc) is 2.60. The highest BCUT2D eigenvalue weighted by molar-refractivity contribution is 5.76. The number of carbonyl (C=O) groups excluding carboxylic acids is 1. The molecule has 1 aliphatic carbocycles. The van der Waals surface area contributed by atoms with Crippen LogP contribution in [-0.2, 0) is 4.79 Å². The number of benzene rings is 2. The van der Waals surface area contributed by atoms with Gasteiger partial charge in [0.1, 0.15) is 11.6 Å². The Morgan fingerprint density at radius 2 is 1.80 bits per heavy atom. The van der Waals surface area contributed by atoms with Gasteiger partial charge in [0, 0.05) is 6.07 Å². The van der Waals surface area contributed by atoms with Crippen molar-refractivity contribution in [2.24, 2.45) is 5.92 Å². The minimum Gasteiger partial charge on any atom is -0.426 e. The SMILES string of the molecule is O=C(CC1C=CC(c2ccc(F)cc2)=CC1)Oc1ccc(F)c(F)c1. The largest absolute Gasteiger partial charge is 0.426 e. The van der Waals surface area contributed by atoms with Crippen LogP contribution in [0, 0.1) is 23.4 Å². The van der Waals surface area contributed by atoms with Gasteiger partial charge in [-0.05, 0) is 47.7 Å². The molecule has 5 heteroatoms. The smallest absolute Gasteiger partial charge is 0.311 e. The molecule has 0 aromatic heterocycles. The van der Waals surface area contributed by atoms with Gasteiger partial charge in [-0.2, -0.15) is 0 Å². The van der Waals surface area contributed by atoms with Crippen LogP contribution >= 0.6 is 0 Å². The van der Waals surface area contributed by atoms with Crippen LogP contribution in [-0.4, -0.2) is 5.97 Å². The first-order valence-electron chi connectivity index (χ1n) is 7.81. The fourth-order valence-electron chi connectivity index (χ4n) is 2.60. The second-order valence-electron chi connectivity index (χ2n) is 5.78. The van der Waals surface area contributed by atoms with Crippen LogP contribution in [0.5, 0.6) is 5.75 Å². The van der Waals surface area contributed by atoms with Crippen molar-refractivity contribution in [1.29, 1.82) is 0 Å². The van der Waals surface area contributed by atoms with Crippen LogP contribution < -0.4 is 4.74 Å². The van der Waals surface area contributed by atoms with E-state index >= 15 is 0 Å². The molecule has 1 aliphatic rings. The Morgan fingerprint density at radius 3 is 2.44 bits per heavy atom. The van der Waals surface area contributed by atoms with Gasteiger partial charge in [-0.1, -0.05) is 30.4 Å². The Morgan fingerprint density at radius 1 is 1.04 bits per heavy atom. The van der Waals surface area contributed by atoms with Crippen LogP contribution in [0.25, 0.3) is 5.57 Å². The molecule has 2 aromatic rings. The van der Waals surface area contributed by atoms with E-state index in [0.717, 1.165) is 23.3 Å². The highest BCUT2D eigenvalue weighted by Crippen LogP contribution is 2.26. The molecular weight excluding hydrogens is 329 g/mol. The van der Waals surface area contributed by atoms with E-state index in [1.54, 1.807) is 12.1 Å². The lowest BCUT2D eigenvalue weighted by molar-refractivity contribution is -0.135. The number of esters is 1. The zero-order chi connectivity index (χ0) is 17.8. The number of rotatable bonds is 4. The first-order valence-corrected chi connectivity index (χ1v) is 7.81. The molecule has 0 saturated heterocycles. The molecule has 1 unspecified atom stereocenters. The zero-order valence-corrected chi connectivity index (χ0v) is 13.2. The third-order valence-corrected chi connectivity index (χ3v) is 3.92. The molecule has 128 valence electrons. The van der Waals surface area contributed by atoms with Crippen molar-refractivity contribution in [1.82, 2.24) is 0 Å². The van der Waals surface area contributed by atoms with Gasteiger partial charge in [0.15, 0.2) is 11.6 Å². The molecule has 0 N–H and O–H groups in total. The maximum absolute atomic E-state index is 13.1. The number of hydrogen-bond acceptors (Lipinski definition) is 2. The van der Waals surface area contributed by atoms with E-state index in [-0.39, 0.29) is 23.9 Å². The molecule has 0 heterocycles. The van der Waals surface area contributed by atoms with Crippen molar-refractivity contribution < 1.29 is 22.7 Å². The maximum atomic E-state index is 13.1. The molecule has 0 radical (unpaired) electrons. The average molecular weight is 344 g/mol. The Bertz CT molecular complexity index is 839. The van der Waals surface area contributed by atoms with Gasteiger partial charge < -0.3 is 4.74 Å². The Kier molecular flexibility index (Phi) is 5.03. The van der Waals surface area contributed by atoms with Gasteiger partial charge in [0.2, 0.25) is 0 Å². The van der Waals surface area contributed by atoms with Crippen LogP contribution in [0.2, 0.25) is 0 Å². The second kappa shape index (κ2) is 7.38. The minimum absolute atomic E-state index is 0.0220. The predicted octanol–water partition coefficient (Wildman–Crippen LogP) is 5.06. The molecule has 0 aliphatic heterocycles. The number of allylic oxidation sites excluding steroid dienone is 4. The van der Waals surface area contributed by atoms with E-state index in [1.165, 1.54) is 18.2 Å². The standard InChI is InChI=1S/C20H15F3O2/c21-16-7-5-15(6-8-16)14-3-1-13(2-4-14)11-20(24)25-17-9-10-18(22)19(23)12-17/h1,3-10,12-13H,2,11H2. The van der Waals surface area contributed by atoms with E-state index in [2.05, 4.69) is 0 Å². The highest BCUT2D eigenvalue weighted by atomic mass is 19.2. The predicted molar refractivity (Wildman–Crippen MR) is 88.2 cm³/mol. The maximum Gasteiger partial charge on any atom is 0.311 e. The zero-order valence-electron chi connectivity index (χ0n) is 13.2. The summed E-state index contributed by atoms with van der Waals surface area (Å²) >= 11 is 0. The van der Waals surface area contributed by atoms with Gasteiger partial charge in [-0.15, -0.1) is 0 Å². The Hall–Kier alpha value is -2.82. The third kappa shape index (κ3) is 4.38. The second-order valence-corrected chi connectivity index (χ2v) is 5.78. The van der Waals surface area contributed by atoms with Crippen molar-refractivity contribution in [2.45, 2.75) is 12.8 Å². The van der Waals surface area contributed by atoms with Gasteiger partial charge >= 0.3 is 5.97 Å². The van der Waals surface area contributed by atoms with Gasteiger partial charge in [-0.3, -0.25) is 4.79 Å². The molecule has 0 amide bonds. The highest BCUT2D eigenvalue weighted by Gasteiger charge is 2.16. The molecule has 0 saturated carbocycles. The topological polar surface area (TPSA) is 26.3 Å². The number of halogens is 3. The molecule has 2 aromatic carbocycles. The summed E-state index contributed by atoms with van der Waals surface area (Å²) in [7, 11) is 0. The summed E-state index contributed by atoms with van der Waals surface area (Å²) in [5.41, 5.74) is 1.87. The normalized spacial score (nSPS) is 16.4. The van der Waals surface area contributed by atoms with Crippen molar-refractivity contribution >= 4 is 11.5 Å². The Labute approximate surface area is 143 Å². The molecule has 1 atom stereocenters. The lowest BCUT2D eigenvalue weighted by Crippen LogP contribution is -2.14. The van der Waals surface area contributed by atoms with E-state index in [1.807, 2.05) is 18.2 Å². The summed E-state index contributed by atoms with van der Waals surface area (Å²) in [5, 5.41) is 0. The van der Waals surface area contributed by atoms with Crippen LogP contribution in [0.3, 0.4) is 0 Å². The lowest BCUT2D eigenvalue weighted by Gasteiger charge is -2.16. The first-order chi connectivity index (χ1) is 12.0. The molecule has 25 heavy (non-hydrogen) atoms. The van der Waals surface area contributed by atoms with Gasteiger partial charge in [-0.25, -0.2) is 13.2 Å². The van der Waals surface area contributed by atoms with Crippen molar-refractivity contribution in [3.8, 4) is 5.75 Å². The van der Waals surface area contributed by atoms with E-state index < -0.39 is 17.6 Å². The number of carbonyl (C=O) groups is 1. The summed E-state index contributed by atoms with van der Waals surface area (Å²) in [6, 6.07) is 9.16. The van der Waals surface area contributed by atoms with Gasteiger partial charge in [0.05, 0.1) is 6.42 Å². The third-order valence-electron chi connectivity index (χ3n) is 3.92. The molecule has 3 rings (SSSR count). The molecule has 0 bridgehead atoms. The minimum atomic E-state index is -1.06. The number of hydrogen-bond donors (Lipinski definition) is 0. The molecule has 0 fully saturated rings. The summed E-state index contributed by atoms with van der Waals surface area (Å²) in [5.74, 6) is -2.92. The first kappa shape index (κ1) is 17.0.